The third-order valence-electron chi connectivity index (χ3n) is 2.07. The fraction of sp³-hybridized carbons (Fsp3) is 0.200. The van der Waals surface area contributed by atoms with Crippen LogP contribution in [0.3, 0.4) is 0 Å². The molecule has 0 aromatic heterocycles. The molecule has 0 unspecified atom stereocenters. The van der Waals surface area contributed by atoms with Gasteiger partial charge in [-0.15, -0.1) is 0 Å². The molecule has 0 amide bonds. The molecule has 1 aromatic rings. The molecule has 1 aromatic carbocycles. The molecule has 0 saturated carbocycles. The fourth-order valence-electron chi connectivity index (χ4n) is 1.29. The van der Waals surface area contributed by atoms with Crippen LogP contribution in [-0.2, 0) is 9.47 Å². The number of fused-ring (bicyclic) bond motifs is 7. The largest absolute Gasteiger partial charge is 0.458 e. The molecule has 2 heterocycles. The van der Waals surface area contributed by atoms with Crippen molar-refractivity contribution >= 4 is 35.1 Å². The number of rotatable bonds is 0. The molecule has 6 heteroatoms. The molecule has 0 saturated heterocycles. The van der Waals surface area contributed by atoms with Gasteiger partial charge in [0.15, 0.2) is 0 Å². The van der Waals surface area contributed by atoms with Crippen LogP contribution >= 0.6 is 23.2 Å². The van der Waals surface area contributed by atoms with E-state index in [1.807, 2.05) is 0 Å². The number of hydrogen-bond donors (Lipinski definition) is 0. The number of carbonyl (C=O) groups is 2. The highest BCUT2D eigenvalue weighted by Crippen LogP contribution is 2.31. The summed E-state index contributed by atoms with van der Waals surface area (Å²) in [6, 6.07) is 2.77. The number of carbonyl (C=O) groups excluding carboxylic acids is 2. The maximum absolute atomic E-state index is 11.5. The zero-order valence-electron chi connectivity index (χ0n) is 7.96. The summed E-state index contributed by atoms with van der Waals surface area (Å²) in [4.78, 5) is 23.0. The average Bonchev–Trinajstić information content (AvgIpc) is 2.27. The normalized spacial score (nSPS) is 15.6. The molecule has 16 heavy (non-hydrogen) atoms. The van der Waals surface area contributed by atoms with Crippen LogP contribution in [0.2, 0.25) is 10.0 Å². The number of esters is 2. The molecule has 0 aliphatic carbocycles. The second-order valence-electron chi connectivity index (χ2n) is 3.06. The first-order valence-corrected chi connectivity index (χ1v) is 5.19. The molecule has 0 N–H and O–H groups in total. The van der Waals surface area contributed by atoms with Crippen molar-refractivity contribution in [3.05, 3.63) is 33.3 Å². The first kappa shape index (κ1) is 11.2. The Labute approximate surface area is 101 Å². The molecule has 0 fully saturated rings. The summed E-state index contributed by atoms with van der Waals surface area (Å²) in [6.07, 6.45) is 0. The van der Waals surface area contributed by atoms with Gasteiger partial charge in [-0.05, 0) is 12.1 Å². The predicted octanol–water partition coefficient (Wildman–Crippen LogP) is 2.32. The number of halogens is 2. The van der Waals surface area contributed by atoms with Gasteiger partial charge in [-0.25, -0.2) is 9.59 Å². The van der Waals surface area contributed by atoms with Gasteiger partial charge in [0.25, 0.3) is 0 Å². The lowest BCUT2D eigenvalue weighted by Gasteiger charge is -2.13. The second kappa shape index (κ2) is 4.31. The highest BCUT2D eigenvalue weighted by Gasteiger charge is 2.22. The van der Waals surface area contributed by atoms with Crippen LogP contribution < -0.4 is 0 Å². The molecular weight excluding hydrogens is 255 g/mol. The summed E-state index contributed by atoms with van der Waals surface area (Å²) < 4.78 is 9.65. The van der Waals surface area contributed by atoms with Gasteiger partial charge in [0, 0.05) is 0 Å². The van der Waals surface area contributed by atoms with E-state index in [0.29, 0.717) is 0 Å². The predicted molar refractivity (Wildman–Crippen MR) is 57.0 cm³/mol. The van der Waals surface area contributed by atoms with E-state index in [1.54, 1.807) is 0 Å². The van der Waals surface area contributed by atoms with Crippen LogP contribution in [0.1, 0.15) is 20.7 Å². The number of hydrogen-bond acceptors (Lipinski definition) is 4. The minimum Gasteiger partial charge on any atom is -0.458 e. The third-order valence-corrected chi connectivity index (χ3v) is 2.95. The van der Waals surface area contributed by atoms with Crippen LogP contribution in [0.5, 0.6) is 0 Å². The van der Waals surface area contributed by atoms with Gasteiger partial charge in [-0.1, -0.05) is 23.2 Å². The number of ether oxygens (including phenoxy) is 2. The molecule has 84 valence electrons. The van der Waals surface area contributed by atoms with Gasteiger partial charge in [-0.3, -0.25) is 0 Å². The van der Waals surface area contributed by atoms with E-state index in [9.17, 15) is 9.59 Å². The van der Waals surface area contributed by atoms with Crippen molar-refractivity contribution < 1.29 is 19.1 Å². The van der Waals surface area contributed by atoms with Crippen molar-refractivity contribution in [3.63, 3.8) is 0 Å². The topological polar surface area (TPSA) is 52.6 Å². The summed E-state index contributed by atoms with van der Waals surface area (Å²) in [5, 5.41) is 0.00559. The van der Waals surface area contributed by atoms with Gasteiger partial charge in [0.1, 0.15) is 13.2 Å². The molecule has 0 atom stereocenters. The van der Waals surface area contributed by atoms with Gasteiger partial charge < -0.3 is 9.47 Å². The van der Waals surface area contributed by atoms with Crippen molar-refractivity contribution in [2.75, 3.05) is 13.2 Å². The van der Waals surface area contributed by atoms with Crippen LogP contribution in [0.4, 0.5) is 0 Å². The Balaban J connectivity index is 2.60. The van der Waals surface area contributed by atoms with Crippen molar-refractivity contribution in [3.8, 4) is 0 Å². The Bertz CT molecular complexity index is 427. The van der Waals surface area contributed by atoms with Crippen LogP contribution in [0.25, 0.3) is 0 Å². The van der Waals surface area contributed by atoms with Crippen molar-refractivity contribution in [2.45, 2.75) is 0 Å². The monoisotopic (exact) mass is 260 g/mol. The zero-order chi connectivity index (χ0) is 11.7. The summed E-state index contributed by atoms with van der Waals surface area (Å²) >= 11 is 11.7. The van der Waals surface area contributed by atoms with Crippen molar-refractivity contribution in [2.24, 2.45) is 0 Å². The van der Waals surface area contributed by atoms with Gasteiger partial charge in [-0.2, -0.15) is 0 Å². The van der Waals surface area contributed by atoms with Crippen LogP contribution in [0, 0.1) is 0 Å². The Morgan fingerprint density at radius 1 is 0.875 bits per heavy atom. The van der Waals surface area contributed by atoms with E-state index in [1.165, 1.54) is 12.1 Å². The molecule has 4 nitrogen and oxygen atoms in total. The lowest BCUT2D eigenvalue weighted by molar-refractivity contribution is 0.0260. The Kier molecular flexibility index (Phi) is 3.03. The van der Waals surface area contributed by atoms with Gasteiger partial charge in [0.2, 0.25) is 0 Å². The zero-order valence-corrected chi connectivity index (χ0v) is 9.47. The quantitative estimate of drug-likeness (QED) is 0.672. The first-order chi connectivity index (χ1) is 7.61. The Morgan fingerprint density at radius 2 is 1.25 bits per heavy atom. The van der Waals surface area contributed by atoms with E-state index in [0.717, 1.165) is 0 Å². The second-order valence-corrected chi connectivity index (χ2v) is 3.82. The van der Waals surface area contributed by atoms with E-state index in [2.05, 4.69) is 0 Å². The Hall–Kier alpha value is -1.26. The summed E-state index contributed by atoms with van der Waals surface area (Å²) in [7, 11) is 0. The minimum absolute atomic E-state index is 0.00279. The maximum atomic E-state index is 11.5. The third kappa shape index (κ3) is 1.86. The smallest absolute Gasteiger partial charge is 0.339 e. The van der Waals surface area contributed by atoms with E-state index < -0.39 is 11.9 Å². The van der Waals surface area contributed by atoms with Crippen LogP contribution in [0.15, 0.2) is 12.1 Å². The standard InChI is InChI=1S/C10H6Cl2O4/c11-7-5-1-2-6(8(7)12)10(14)16-4-3-15-9(5)13/h1-2H,3-4H2. The molecule has 3 rings (SSSR count). The summed E-state index contributed by atoms with van der Waals surface area (Å²) in [6.45, 7) is -0.00599. The molecule has 2 bridgehead atoms. The maximum Gasteiger partial charge on any atom is 0.339 e. The van der Waals surface area contributed by atoms with Crippen molar-refractivity contribution in [1.29, 1.82) is 0 Å². The highest BCUT2D eigenvalue weighted by atomic mass is 35.5. The summed E-state index contributed by atoms with van der Waals surface area (Å²) in [5.41, 5.74) is 0.287. The molecule has 0 radical (unpaired) electrons. The SMILES string of the molecule is O=C1OCCOC(=O)c2ccc1c(Cl)c2Cl. The summed E-state index contributed by atoms with van der Waals surface area (Å²) in [5.74, 6) is -1.17. The molecule has 2 aliphatic heterocycles. The van der Waals surface area contributed by atoms with Crippen LogP contribution in [-0.4, -0.2) is 25.2 Å². The Morgan fingerprint density at radius 3 is 1.62 bits per heavy atom. The van der Waals surface area contributed by atoms with Gasteiger partial charge in [0.05, 0.1) is 21.2 Å². The van der Waals surface area contributed by atoms with E-state index >= 15 is 0 Å². The number of benzene rings is 1. The van der Waals surface area contributed by atoms with Crippen molar-refractivity contribution in [1.82, 2.24) is 0 Å². The molecule has 2 aliphatic rings. The lowest BCUT2D eigenvalue weighted by Crippen LogP contribution is -2.17. The molecule has 0 spiro atoms. The van der Waals surface area contributed by atoms with Gasteiger partial charge >= 0.3 is 11.9 Å². The minimum atomic E-state index is -0.587. The lowest BCUT2D eigenvalue weighted by atomic mass is 10.1. The first-order valence-electron chi connectivity index (χ1n) is 4.43. The van der Waals surface area contributed by atoms with E-state index in [-0.39, 0.29) is 34.4 Å². The fourth-order valence-corrected chi connectivity index (χ4v) is 1.77. The van der Waals surface area contributed by atoms with E-state index in [4.69, 9.17) is 32.7 Å². The highest BCUT2D eigenvalue weighted by molar-refractivity contribution is 6.45. The average molecular weight is 261 g/mol. The molecular formula is C10H6Cl2O4.